The van der Waals surface area contributed by atoms with E-state index in [1.54, 1.807) is 4.90 Å². The van der Waals surface area contributed by atoms with Gasteiger partial charge in [0, 0.05) is 18.7 Å². The number of ether oxygens (including phenoxy) is 1. The standard InChI is InChI=1S/C21H25N3O4/c1-15-5-7-17(8-6-15)24-12-16(11-19(24)26)20(27)28-13-18(25)23-21(14-22)9-3-2-4-10-21/h5-8,16H,2-4,9-13H2,1H3,(H,23,25)/t16-/m0/s1. The van der Waals surface area contributed by atoms with Gasteiger partial charge in [-0.3, -0.25) is 14.4 Å². The number of rotatable bonds is 5. The van der Waals surface area contributed by atoms with Crippen LogP contribution in [0.5, 0.6) is 0 Å². The normalized spacial score (nSPS) is 21.1. The van der Waals surface area contributed by atoms with Gasteiger partial charge in [0.15, 0.2) is 6.61 Å². The van der Waals surface area contributed by atoms with Gasteiger partial charge in [0.1, 0.15) is 5.54 Å². The predicted molar refractivity (Wildman–Crippen MR) is 102 cm³/mol. The van der Waals surface area contributed by atoms with Gasteiger partial charge >= 0.3 is 5.97 Å². The first-order valence-corrected chi connectivity index (χ1v) is 9.68. The van der Waals surface area contributed by atoms with Crippen molar-refractivity contribution in [1.82, 2.24) is 5.32 Å². The quantitative estimate of drug-likeness (QED) is 0.786. The number of carbonyl (C=O) groups is 3. The molecule has 1 aliphatic carbocycles. The minimum Gasteiger partial charge on any atom is -0.455 e. The number of carbonyl (C=O) groups excluding carboxylic acids is 3. The van der Waals surface area contributed by atoms with Crippen LogP contribution in [0.25, 0.3) is 0 Å². The maximum atomic E-state index is 12.3. The number of aryl methyl sites for hydroxylation is 1. The van der Waals surface area contributed by atoms with Crippen molar-refractivity contribution in [3.8, 4) is 6.07 Å². The van der Waals surface area contributed by atoms with E-state index in [9.17, 15) is 19.6 Å². The Bertz CT molecular complexity index is 791. The molecule has 7 nitrogen and oxygen atoms in total. The molecule has 0 aromatic heterocycles. The average molecular weight is 383 g/mol. The third-order valence-corrected chi connectivity index (χ3v) is 5.45. The van der Waals surface area contributed by atoms with Crippen molar-refractivity contribution in [1.29, 1.82) is 5.26 Å². The van der Waals surface area contributed by atoms with E-state index in [-0.39, 0.29) is 18.9 Å². The summed E-state index contributed by atoms with van der Waals surface area (Å²) in [5, 5.41) is 12.1. The molecule has 2 amide bonds. The molecule has 7 heteroatoms. The molecular formula is C21H25N3O4. The minimum absolute atomic E-state index is 0.0659. The van der Waals surface area contributed by atoms with Crippen LogP contribution < -0.4 is 10.2 Å². The Kier molecular flexibility index (Phi) is 5.98. The van der Waals surface area contributed by atoms with Crippen molar-refractivity contribution >= 4 is 23.5 Å². The number of benzene rings is 1. The van der Waals surface area contributed by atoms with Crippen molar-refractivity contribution < 1.29 is 19.1 Å². The Morgan fingerprint density at radius 2 is 1.93 bits per heavy atom. The largest absolute Gasteiger partial charge is 0.455 e. The van der Waals surface area contributed by atoms with Gasteiger partial charge in [0.25, 0.3) is 5.91 Å². The second kappa shape index (κ2) is 8.42. The van der Waals surface area contributed by atoms with Crippen LogP contribution in [0.4, 0.5) is 5.69 Å². The van der Waals surface area contributed by atoms with Gasteiger partial charge in [0.2, 0.25) is 5.91 Å². The maximum Gasteiger partial charge on any atom is 0.311 e. The molecule has 3 rings (SSSR count). The van der Waals surface area contributed by atoms with Crippen molar-refractivity contribution in [2.24, 2.45) is 5.92 Å². The maximum absolute atomic E-state index is 12.3. The number of nitrogens with zero attached hydrogens (tertiary/aromatic N) is 2. The fraction of sp³-hybridized carbons (Fsp3) is 0.524. The van der Waals surface area contributed by atoms with E-state index in [4.69, 9.17) is 4.74 Å². The Morgan fingerprint density at radius 3 is 2.57 bits per heavy atom. The second-order valence-corrected chi connectivity index (χ2v) is 7.65. The lowest BCUT2D eigenvalue weighted by atomic mass is 9.83. The van der Waals surface area contributed by atoms with Gasteiger partial charge in [-0.05, 0) is 31.9 Å². The molecule has 0 spiro atoms. The van der Waals surface area contributed by atoms with Gasteiger partial charge < -0.3 is 15.0 Å². The van der Waals surface area contributed by atoms with Crippen LogP contribution in [0.1, 0.15) is 44.1 Å². The highest BCUT2D eigenvalue weighted by Gasteiger charge is 2.37. The number of nitriles is 1. The number of hydrogen-bond acceptors (Lipinski definition) is 5. The summed E-state index contributed by atoms with van der Waals surface area (Å²) in [7, 11) is 0. The molecule has 1 saturated carbocycles. The van der Waals surface area contributed by atoms with Crippen molar-refractivity contribution in [2.45, 2.75) is 51.0 Å². The van der Waals surface area contributed by atoms with Crippen LogP contribution in [-0.2, 0) is 19.1 Å². The lowest BCUT2D eigenvalue weighted by Crippen LogP contribution is -2.50. The summed E-state index contributed by atoms with van der Waals surface area (Å²) in [5.74, 6) is -1.77. The average Bonchev–Trinajstić information content (AvgIpc) is 3.09. The Morgan fingerprint density at radius 1 is 1.25 bits per heavy atom. The summed E-state index contributed by atoms with van der Waals surface area (Å²) in [5.41, 5.74) is 0.982. The molecule has 1 aliphatic heterocycles. The third kappa shape index (κ3) is 4.50. The van der Waals surface area contributed by atoms with E-state index in [1.807, 2.05) is 31.2 Å². The molecule has 1 aromatic carbocycles. The van der Waals surface area contributed by atoms with Gasteiger partial charge in [-0.2, -0.15) is 5.26 Å². The molecule has 1 N–H and O–H groups in total. The van der Waals surface area contributed by atoms with Crippen molar-refractivity contribution in [2.75, 3.05) is 18.1 Å². The lowest BCUT2D eigenvalue weighted by molar-refractivity contribution is -0.152. The van der Waals surface area contributed by atoms with E-state index < -0.39 is 29.9 Å². The third-order valence-electron chi connectivity index (χ3n) is 5.45. The van der Waals surface area contributed by atoms with Gasteiger partial charge in [-0.1, -0.05) is 37.0 Å². The molecule has 1 atom stereocenters. The topological polar surface area (TPSA) is 99.5 Å². The Hall–Kier alpha value is -2.88. The summed E-state index contributed by atoms with van der Waals surface area (Å²) >= 11 is 0. The Labute approximate surface area is 164 Å². The molecule has 0 radical (unpaired) electrons. The van der Waals surface area contributed by atoms with Crippen LogP contribution in [0.2, 0.25) is 0 Å². The van der Waals surface area contributed by atoms with Gasteiger partial charge in [-0.25, -0.2) is 0 Å². The number of amides is 2. The van der Waals surface area contributed by atoms with Crippen molar-refractivity contribution in [3.05, 3.63) is 29.8 Å². The number of esters is 1. The molecule has 0 bridgehead atoms. The molecular weight excluding hydrogens is 358 g/mol. The van der Waals surface area contributed by atoms with E-state index in [0.717, 1.165) is 30.5 Å². The molecule has 1 saturated heterocycles. The molecule has 2 fully saturated rings. The number of anilines is 1. The highest BCUT2D eigenvalue weighted by Crippen LogP contribution is 2.28. The minimum atomic E-state index is -0.854. The van der Waals surface area contributed by atoms with E-state index in [1.165, 1.54) is 0 Å². The predicted octanol–water partition coefficient (Wildman–Crippen LogP) is 2.23. The first kappa shape index (κ1) is 19.9. The van der Waals surface area contributed by atoms with Gasteiger partial charge in [0.05, 0.1) is 12.0 Å². The van der Waals surface area contributed by atoms with E-state index in [0.29, 0.717) is 12.8 Å². The van der Waals surface area contributed by atoms with Crippen LogP contribution in [-0.4, -0.2) is 36.5 Å². The molecule has 2 aliphatic rings. The van der Waals surface area contributed by atoms with E-state index >= 15 is 0 Å². The molecule has 1 aromatic rings. The Balaban J connectivity index is 1.51. The fourth-order valence-electron chi connectivity index (χ4n) is 3.82. The molecule has 28 heavy (non-hydrogen) atoms. The van der Waals surface area contributed by atoms with Crippen LogP contribution in [0.3, 0.4) is 0 Å². The highest BCUT2D eigenvalue weighted by molar-refractivity contribution is 5.99. The lowest BCUT2D eigenvalue weighted by Gasteiger charge is -2.31. The summed E-state index contributed by atoms with van der Waals surface area (Å²) < 4.78 is 5.13. The summed E-state index contributed by atoms with van der Waals surface area (Å²) in [6.07, 6.45) is 4.15. The second-order valence-electron chi connectivity index (χ2n) is 7.65. The summed E-state index contributed by atoms with van der Waals surface area (Å²) in [6.45, 7) is 1.77. The highest BCUT2D eigenvalue weighted by atomic mass is 16.5. The number of hydrogen-bond donors (Lipinski definition) is 1. The molecule has 1 heterocycles. The zero-order valence-corrected chi connectivity index (χ0v) is 16.1. The van der Waals surface area contributed by atoms with Crippen molar-refractivity contribution in [3.63, 3.8) is 0 Å². The van der Waals surface area contributed by atoms with Crippen LogP contribution >= 0.6 is 0 Å². The number of nitrogens with one attached hydrogen (secondary N) is 1. The SMILES string of the molecule is Cc1ccc(N2C[C@@H](C(=O)OCC(=O)NC3(C#N)CCCCC3)CC2=O)cc1. The first-order valence-electron chi connectivity index (χ1n) is 9.68. The van der Waals surface area contributed by atoms with E-state index in [2.05, 4.69) is 11.4 Å². The fourth-order valence-corrected chi connectivity index (χ4v) is 3.82. The zero-order valence-electron chi connectivity index (χ0n) is 16.1. The molecule has 148 valence electrons. The zero-order chi connectivity index (χ0) is 20.1. The first-order chi connectivity index (χ1) is 13.4. The smallest absolute Gasteiger partial charge is 0.311 e. The van der Waals surface area contributed by atoms with Crippen LogP contribution in [0.15, 0.2) is 24.3 Å². The summed E-state index contributed by atoms with van der Waals surface area (Å²) in [6, 6.07) is 9.72. The summed E-state index contributed by atoms with van der Waals surface area (Å²) in [4.78, 5) is 38.3. The monoisotopic (exact) mass is 383 g/mol. The molecule has 0 unspecified atom stereocenters. The van der Waals surface area contributed by atoms with Gasteiger partial charge in [-0.15, -0.1) is 0 Å². The van der Waals surface area contributed by atoms with Crippen LogP contribution in [0, 0.1) is 24.2 Å².